The van der Waals surface area contributed by atoms with Crippen LogP contribution in [0.5, 0.6) is 0 Å². The lowest BCUT2D eigenvalue weighted by atomic mass is 10.00. The van der Waals surface area contributed by atoms with Crippen molar-refractivity contribution in [3.05, 3.63) is 12.2 Å². The van der Waals surface area contributed by atoms with Crippen LogP contribution in [0.15, 0.2) is 12.2 Å². The first-order valence-corrected chi connectivity index (χ1v) is 21.9. The van der Waals surface area contributed by atoms with Crippen molar-refractivity contribution in [1.29, 1.82) is 0 Å². The predicted molar refractivity (Wildman–Crippen MR) is 201 cm³/mol. The highest BCUT2D eigenvalue weighted by Gasteiger charge is 2.46. The summed E-state index contributed by atoms with van der Waals surface area (Å²) < 4.78 is 53.8. The second-order valence-electron chi connectivity index (χ2n) is 14.3. The Balaban J connectivity index is 2.47. The van der Waals surface area contributed by atoms with Gasteiger partial charge in [-0.2, -0.15) is 8.42 Å². The Hall–Kier alpha value is -1.61. The Labute approximate surface area is 314 Å². The SMILES string of the molecule is CCCC/C=C/CCCCCCCCCCCC(=O)OC[C@H](CO[C@H]1O[C@H](CS(=O)(=O)O)[C@@H](O)C(O)C1O)OC(=O)CCCCCCCCCCC. The molecule has 0 radical (unpaired) electrons. The first kappa shape index (κ1) is 48.4. The van der Waals surface area contributed by atoms with E-state index in [4.69, 9.17) is 18.9 Å². The third kappa shape index (κ3) is 25.4. The Bertz CT molecular complexity index is 1040. The van der Waals surface area contributed by atoms with Crippen LogP contribution in [0.1, 0.15) is 168 Å². The van der Waals surface area contributed by atoms with E-state index < -0.39 is 71.2 Å². The van der Waals surface area contributed by atoms with Gasteiger partial charge in [0.25, 0.3) is 10.1 Å². The van der Waals surface area contributed by atoms with Crippen LogP contribution in [0.2, 0.25) is 0 Å². The number of carbonyl (C=O) groups excluding carboxylic acids is 2. The predicted octanol–water partition coefficient (Wildman–Crippen LogP) is 7.11. The van der Waals surface area contributed by atoms with Gasteiger partial charge in [-0.25, -0.2) is 0 Å². The zero-order valence-electron chi connectivity index (χ0n) is 32.2. The molecule has 0 spiro atoms. The number of hydrogen-bond donors (Lipinski definition) is 4. The van der Waals surface area contributed by atoms with Gasteiger partial charge in [0.15, 0.2) is 12.4 Å². The maximum atomic E-state index is 12.7. The van der Waals surface area contributed by atoms with E-state index in [1.807, 2.05) is 0 Å². The molecule has 1 aliphatic heterocycles. The minimum absolute atomic E-state index is 0.167. The van der Waals surface area contributed by atoms with E-state index in [0.29, 0.717) is 12.8 Å². The summed E-state index contributed by atoms with van der Waals surface area (Å²) in [6.45, 7) is 3.68. The van der Waals surface area contributed by atoms with Crippen LogP contribution in [0, 0.1) is 0 Å². The highest BCUT2D eigenvalue weighted by molar-refractivity contribution is 7.85. The summed E-state index contributed by atoms with van der Waals surface area (Å²) in [5.74, 6) is -1.98. The van der Waals surface area contributed by atoms with Crippen molar-refractivity contribution in [3.63, 3.8) is 0 Å². The van der Waals surface area contributed by atoms with Crippen molar-refractivity contribution in [1.82, 2.24) is 0 Å². The van der Waals surface area contributed by atoms with E-state index in [2.05, 4.69) is 26.0 Å². The maximum absolute atomic E-state index is 12.7. The van der Waals surface area contributed by atoms with Gasteiger partial charge in [-0.1, -0.05) is 135 Å². The fourth-order valence-electron chi connectivity index (χ4n) is 6.13. The van der Waals surface area contributed by atoms with Gasteiger partial charge in [0.1, 0.15) is 36.8 Å². The average Bonchev–Trinajstić information content (AvgIpc) is 3.10. The average molecular weight is 765 g/mol. The fraction of sp³-hybridized carbons (Fsp3) is 0.897. The molecule has 0 amide bonds. The lowest BCUT2D eigenvalue weighted by molar-refractivity contribution is -0.297. The normalized spacial score (nSPS) is 21.4. The molecule has 12 nitrogen and oxygen atoms in total. The number of ether oxygens (including phenoxy) is 4. The third-order valence-corrected chi connectivity index (χ3v) is 10.1. The van der Waals surface area contributed by atoms with E-state index >= 15 is 0 Å². The van der Waals surface area contributed by atoms with Crippen molar-refractivity contribution < 1.29 is 56.8 Å². The highest BCUT2D eigenvalue weighted by atomic mass is 32.2. The Morgan fingerprint density at radius 3 is 1.65 bits per heavy atom. The van der Waals surface area contributed by atoms with Gasteiger partial charge in [-0.3, -0.25) is 14.1 Å². The topological polar surface area (TPSA) is 186 Å². The molecule has 13 heteroatoms. The van der Waals surface area contributed by atoms with E-state index in [1.165, 1.54) is 89.9 Å². The number of rotatable bonds is 33. The molecule has 306 valence electrons. The number of aliphatic hydroxyl groups is 3. The van der Waals surface area contributed by atoms with Gasteiger partial charge in [-0.15, -0.1) is 0 Å². The second-order valence-corrected chi connectivity index (χ2v) is 15.8. The van der Waals surface area contributed by atoms with Crippen LogP contribution in [-0.2, 0) is 38.7 Å². The maximum Gasteiger partial charge on any atom is 0.306 e. The van der Waals surface area contributed by atoms with Crippen molar-refractivity contribution in [2.75, 3.05) is 19.0 Å². The lowest BCUT2D eigenvalue weighted by Gasteiger charge is -2.40. The second kappa shape index (κ2) is 30.7. The monoisotopic (exact) mass is 764 g/mol. The fourth-order valence-corrected chi connectivity index (χ4v) is 6.82. The smallest absolute Gasteiger partial charge is 0.306 e. The molecule has 2 unspecified atom stereocenters. The number of esters is 2. The van der Waals surface area contributed by atoms with Crippen LogP contribution in [0.3, 0.4) is 0 Å². The molecule has 0 aromatic carbocycles. The molecule has 1 aliphatic rings. The number of allylic oxidation sites excluding steroid dienone is 2. The van der Waals surface area contributed by atoms with Crippen LogP contribution in [0.25, 0.3) is 0 Å². The molecule has 1 heterocycles. The Morgan fingerprint density at radius 1 is 0.635 bits per heavy atom. The van der Waals surface area contributed by atoms with E-state index in [1.54, 1.807) is 0 Å². The Kier molecular flexibility index (Phi) is 28.6. The zero-order chi connectivity index (χ0) is 38.5. The van der Waals surface area contributed by atoms with E-state index in [9.17, 15) is 37.9 Å². The van der Waals surface area contributed by atoms with Crippen molar-refractivity contribution in [2.24, 2.45) is 0 Å². The Morgan fingerprint density at radius 2 is 1.12 bits per heavy atom. The van der Waals surface area contributed by atoms with Gasteiger partial charge in [0.05, 0.1) is 6.61 Å². The third-order valence-electron chi connectivity index (χ3n) is 9.35. The van der Waals surface area contributed by atoms with Gasteiger partial charge in [-0.05, 0) is 32.1 Å². The summed E-state index contributed by atoms with van der Waals surface area (Å²) in [5.41, 5.74) is 0. The van der Waals surface area contributed by atoms with Crippen molar-refractivity contribution in [3.8, 4) is 0 Å². The van der Waals surface area contributed by atoms with Gasteiger partial charge in [0, 0.05) is 12.8 Å². The van der Waals surface area contributed by atoms with Crippen molar-refractivity contribution >= 4 is 22.1 Å². The quantitative estimate of drug-likeness (QED) is 0.0230. The first-order chi connectivity index (χ1) is 25.0. The molecule has 0 aromatic heterocycles. The van der Waals surface area contributed by atoms with Crippen LogP contribution >= 0.6 is 0 Å². The summed E-state index contributed by atoms with van der Waals surface area (Å²) in [6, 6.07) is 0. The first-order valence-electron chi connectivity index (χ1n) is 20.2. The summed E-state index contributed by atoms with van der Waals surface area (Å²) in [5, 5.41) is 30.7. The number of hydrogen-bond acceptors (Lipinski definition) is 11. The van der Waals surface area contributed by atoms with Crippen LogP contribution < -0.4 is 0 Å². The summed E-state index contributed by atoms with van der Waals surface area (Å²) in [7, 11) is -4.59. The van der Waals surface area contributed by atoms with Crippen LogP contribution in [0.4, 0.5) is 0 Å². The molecule has 0 saturated carbocycles. The lowest BCUT2D eigenvalue weighted by Crippen LogP contribution is -2.60. The number of unbranched alkanes of at least 4 members (excludes halogenated alkanes) is 19. The van der Waals surface area contributed by atoms with E-state index in [0.717, 1.165) is 38.5 Å². The zero-order valence-corrected chi connectivity index (χ0v) is 33.0. The van der Waals surface area contributed by atoms with Crippen molar-refractivity contribution in [2.45, 2.75) is 205 Å². The molecule has 1 rings (SSSR count). The number of carbonyl (C=O) groups is 2. The standard InChI is InChI=1S/C39H72O12S/c1-3-5-7-9-11-13-14-15-16-17-18-20-21-23-25-27-34(40)48-29-32(50-35(41)28-26-24-22-19-12-10-8-6-4-2)30-49-39-38(44)37(43)36(42)33(51-39)31-52(45,46)47/h9,11,32-33,36-39,42-44H,3-8,10,12-31H2,1-2H3,(H,45,46,47)/b11-9+/t32-,33-,36-,37?,38?,39+/m1/s1. The molecule has 1 saturated heterocycles. The number of aliphatic hydroxyl groups excluding tert-OH is 3. The molecule has 6 atom stereocenters. The molecule has 0 aromatic rings. The highest BCUT2D eigenvalue weighted by Crippen LogP contribution is 2.24. The molecule has 0 bridgehead atoms. The molecule has 4 N–H and O–H groups in total. The van der Waals surface area contributed by atoms with Gasteiger partial charge >= 0.3 is 11.9 Å². The molecular weight excluding hydrogens is 692 g/mol. The van der Waals surface area contributed by atoms with E-state index in [-0.39, 0.29) is 19.4 Å². The minimum atomic E-state index is -4.59. The van der Waals surface area contributed by atoms with Gasteiger partial charge < -0.3 is 34.3 Å². The molecule has 0 aliphatic carbocycles. The summed E-state index contributed by atoms with van der Waals surface area (Å²) in [6.07, 6.45) is 19.9. The minimum Gasteiger partial charge on any atom is -0.462 e. The molecule has 1 fully saturated rings. The van der Waals surface area contributed by atoms with Gasteiger partial charge in [0.2, 0.25) is 0 Å². The molecule has 52 heavy (non-hydrogen) atoms. The summed E-state index contributed by atoms with van der Waals surface area (Å²) in [4.78, 5) is 25.2. The summed E-state index contributed by atoms with van der Waals surface area (Å²) >= 11 is 0. The molecular formula is C39H72O12S. The van der Waals surface area contributed by atoms with Crippen LogP contribution in [-0.4, -0.2) is 96.0 Å². The largest absolute Gasteiger partial charge is 0.462 e.